The maximum absolute atomic E-state index is 5.96. The van der Waals surface area contributed by atoms with Crippen LogP contribution < -0.4 is 5.32 Å². The first-order chi connectivity index (χ1) is 9.18. The van der Waals surface area contributed by atoms with Gasteiger partial charge < -0.3 is 10.1 Å². The van der Waals surface area contributed by atoms with Crippen LogP contribution in [-0.2, 0) is 16.8 Å². The minimum absolute atomic E-state index is 0.313. The normalized spacial score (nSPS) is 23.3. The molecular weight excluding hydrogens is 238 g/mol. The molecule has 0 amide bonds. The van der Waals surface area contributed by atoms with Crippen LogP contribution in [0.3, 0.4) is 0 Å². The van der Waals surface area contributed by atoms with E-state index in [1.165, 1.54) is 6.42 Å². The number of aryl methyl sites for hydroxylation is 1. The summed E-state index contributed by atoms with van der Waals surface area (Å²) < 4.78 is 5.96. The summed E-state index contributed by atoms with van der Waals surface area (Å²) in [4.78, 5) is 9.38. The van der Waals surface area contributed by atoms with Crippen LogP contribution in [0.1, 0.15) is 58.0 Å². The second-order valence-corrected chi connectivity index (χ2v) is 5.38. The van der Waals surface area contributed by atoms with Crippen molar-refractivity contribution in [1.29, 1.82) is 0 Å². The van der Waals surface area contributed by atoms with Gasteiger partial charge in [0.25, 0.3) is 0 Å². The average molecular weight is 263 g/mol. The van der Waals surface area contributed by atoms with E-state index in [2.05, 4.69) is 37.1 Å². The molecule has 106 valence electrons. The third-order valence-electron chi connectivity index (χ3n) is 3.59. The van der Waals surface area contributed by atoms with E-state index in [0.717, 1.165) is 56.2 Å². The summed E-state index contributed by atoms with van der Waals surface area (Å²) in [7, 11) is 0. The Kier molecular flexibility index (Phi) is 4.75. The molecule has 0 spiro atoms. The smallest absolute Gasteiger partial charge is 0.162 e. The highest BCUT2D eigenvalue weighted by Gasteiger charge is 2.33. The molecule has 19 heavy (non-hydrogen) atoms. The molecule has 0 aromatic carbocycles. The molecule has 1 atom stereocenters. The first kappa shape index (κ1) is 14.3. The molecule has 1 unspecified atom stereocenters. The van der Waals surface area contributed by atoms with Gasteiger partial charge in [0, 0.05) is 24.9 Å². The zero-order valence-corrected chi connectivity index (χ0v) is 12.3. The van der Waals surface area contributed by atoms with Gasteiger partial charge in [0.15, 0.2) is 5.82 Å². The molecule has 4 nitrogen and oxygen atoms in total. The SMILES string of the molecule is CCCc1cc(NCC)nc(C2(C)CCCCO2)n1. The van der Waals surface area contributed by atoms with Crippen molar-refractivity contribution in [3.63, 3.8) is 0 Å². The number of anilines is 1. The van der Waals surface area contributed by atoms with Crippen LogP contribution >= 0.6 is 0 Å². The molecule has 0 radical (unpaired) electrons. The van der Waals surface area contributed by atoms with E-state index in [0.29, 0.717) is 0 Å². The number of aromatic nitrogens is 2. The molecule has 1 fully saturated rings. The quantitative estimate of drug-likeness (QED) is 0.885. The van der Waals surface area contributed by atoms with Crippen molar-refractivity contribution >= 4 is 5.82 Å². The Morgan fingerprint density at radius 1 is 1.32 bits per heavy atom. The Labute approximate surface area is 116 Å². The molecule has 0 saturated carbocycles. The summed E-state index contributed by atoms with van der Waals surface area (Å²) in [6, 6.07) is 2.06. The maximum atomic E-state index is 5.96. The summed E-state index contributed by atoms with van der Waals surface area (Å²) in [6.07, 6.45) is 5.43. The number of rotatable bonds is 5. The second-order valence-electron chi connectivity index (χ2n) is 5.38. The van der Waals surface area contributed by atoms with E-state index in [9.17, 15) is 0 Å². The third-order valence-corrected chi connectivity index (χ3v) is 3.59. The number of ether oxygens (including phenoxy) is 1. The predicted molar refractivity (Wildman–Crippen MR) is 77.3 cm³/mol. The molecule has 1 N–H and O–H groups in total. The average Bonchev–Trinajstić information content (AvgIpc) is 2.40. The van der Waals surface area contributed by atoms with Gasteiger partial charge in [-0.05, 0) is 39.5 Å². The van der Waals surface area contributed by atoms with Gasteiger partial charge in [0.05, 0.1) is 0 Å². The van der Waals surface area contributed by atoms with Crippen molar-refractivity contribution in [3.05, 3.63) is 17.6 Å². The fraction of sp³-hybridized carbons (Fsp3) is 0.733. The van der Waals surface area contributed by atoms with Crippen LogP contribution in [0.4, 0.5) is 5.82 Å². The van der Waals surface area contributed by atoms with Crippen molar-refractivity contribution < 1.29 is 4.74 Å². The summed E-state index contributed by atoms with van der Waals surface area (Å²) in [6.45, 7) is 8.06. The maximum Gasteiger partial charge on any atom is 0.162 e. The number of hydrogen-bond donors (Lipinski definition) is 1. The van der Waals surface area contributed by atoms with Crippen LogP contribution in [0.25, 0.3) is 0 Å². The lowest BCUT2D eigenvalue weighted by atomic mass is 9.95. The summed E-state index contributed by atoms with van der Waals surface area (Å²) >= 11 is 0. The highest BCUT2D eigenvalue weighted by molar-refractivity contribution is 5.36. The lowest BCUT2D eigenvalue weighted by molar-refractivity contribution is -0.0760. The molecule has 0 aliphatic carbocycles. The predicted octanol–water partition coefficient (Wildman–Crippen LogP) is 3.28. The Morgan fingerprint density at radius 2 is 2.16 bits per heavy atom. The summed E-state index contributed by atoms with van der Waals surface area (Å²) in [5.74, 6) is 1.76. The van der Waals surface area contributed by atoms with Gasteiger partial charge in [-0.2, -0.15) is 0 Å². The van der Waals surface area contributed by atoms with E-state index in [-0.39, 0.29) is 5.60 Å². The third kappa shape index (κ3) is 3.44. The van der Waals surface area contributed by atoms with Gasteiger partial charge in [0.2, 0.25) is 0 Å². The molecule has 1 aromatic rings. The Hall–Kier alpha value is -1.16. The molecule has 1 aromatic heterocycles. The van der Waals surface area contributed by atoms with Crippen molar-refractivity contribution in [2.45, 2.75) is 58.5 Å². The fourth-order valence-electron chi connectivity index (χ4n) is 2.50. The highest BCUT2D eigenvalue weighted by Crippen LogP contribution is 2.33. The topological polar surface area (TPSA) is 47.0 Å². The number of nitrogens with one attached hydrogen (secondary N) is 1. The Bertz CT molecular complexity index is 390. The summed E-state index contributed by atoms with van der Waals surface area (Å²) in [5, 5.41) is 3.30. The van der Waals surface area contributed by atoms with E-state index in [1.54, 1.807) is 0 Å². The van der Waals surface area contributed by atoms with Crippen LogP contribution in [0.5, 0.6) is 0 Å². The van der Waals surface area contributed by atoms with Crippen LogP contribution in [0.2, 0.25) is 0 Å². The lowest BCUT2D eigenvalue weighted by Gasteiger charge is -2.32. The van der Waals surface area contributed by atoms with Crippen molar-refractivity contribution in [2.75, 3.05) is 18.5 Å². The molecule has 1 saturated heterocycles. The van der Waals surface area contributed by atoms with Crippen LogP contribution in [-0.4, -0.2) is 23.1 Å². The largest absolute Gasteiger partial charge is 0.370 e. The zero-order chi connectivity index (χ0) is 13.7. The van der Waals surface area contributed by atoms with Crippen LogP contribution in [0, 0.1) is 0 Å². The molecule has 1 aliphatic rings. The second kappa shape index (κ2) is 6.33. The first-order valence-electron chi connectivity index (χ1n) is 7.44. The monoisotopic (exact) mass is 263 g/mol. The Morgan fingerprint density at radius 3 is 2.79 bits per heavy atom. The fourth-order valence-corrected chi connectivity index (χ4v) is 2.50. The van der Waals surface area contributed by atoms with Gasteiger partial charge in [-0.15, -0.1) is 0 Å². The molecule has 0 bridgehead atoms. The molecule has 2 heterocycles. The van der Waals surface area contributed by atoms with Gasteiger partial charge in [-0.1, -0.05) is 13.3 Å². The minimum Gasteiger partial charge on any atom is -0.370 e. The van der Waals surface area contributed by atoms with E-state index in [1.807, 2.05) is 0 Å². The molecule has 1 aliphatic heterocycles. The summed E-state index contributed by atoms with van der Waals surface area (Å²) in [5.41, 5.74) is 0.797. The molecular formula is C15H25N3O. The number of hydrogen-bond acceptors (Lipinski definition) is 4. The van der Waals surface area contributed by atoms with Crippen molar-refractivity contribution in [1.82, 2.24) is 9.97 Å². The van der Waals surface area contributed by atoms with Crippen molar-refractivity contribution in [2.24, 2.45) is 0 Å². The van der Waals surface area contributed by atoms with Gasteiger partial charge in [-0.25, -0.2) is 9.97 Å². The highest BCUT2D eigenvalue weighted by atomic mass is 16.5. The van der Waals surface area contributed by atoms with E-state index >= 15 is 0 Å². The number of nitrogens with zero attached hydrogens (tertiary/aromatic N) is 2. The zero-order valence-electron chi connectivity index (χ0n) is 12.3. The molecule has 4 heteroatoms. The standard InChI is InChI=1S/C15H25N3O/c1-4-8-12-11-13(16-5-2)18-14(17-12)15(3)9-6-7-10-19-15/h11H,4-10H2,1-3H3,(H,16,17,18). The first-order valence-corrected chi connectivity index (χ1v) is 7.44. The van der Waals surface area contributed by atoms with Gasteiger partial charge in [-0.3, -0.25) is 0 Å². The lowest BCUT2D eigenvalue weighted by Crippen LogP contribution is -2.32. The molecule has 2 rings (SSSR count). The van der Waals surface area contributed by atoms with Gasteiger partial charge >= 0.3 is 0 Å². The van der Waals surface area contributed by atoms with E-state index < -0.39 is 0 Å². The van der Waals surface area contributed by atoms with Crippen molar-refractivity contribution in [3.8, 4) is 0 Å². The van der Waals surface area contributed by atoms with E-state index in [4.69, 9.17) is 9.72 Å². The van der Waals surface area contributed by atoms with Gasteiger partial charge in [0.1, 0.15) is 11.4 Å². The van der Waals surface area contributed by atoms with Crippen LogP contribution in [0.15, 0.2) is 6.07 Å². The minimum atomic E-state index is -0.313. The Balaban J connectivity index is 2.31.